The van der Waals surface area contributed by atoms with E-state index >= 15 is 0 Å². The summed E-state index contributed by atoms with van der Waals surface area (Å²) in [5.74, 6) is -0.468. The van der Waals surface area contributed by atoms with E-state index in [1.165, 1.54) is 6.08 Å². The van der Waals surface area contributed by atoms with Crippen LogP contribution in [0.15, 0.2) is 194 Å². The summed E-state index contributed by atoms with van der Waals surface area (Å²) in [7, 11) is 0. The van der Waals surface area contributed by atoms with Crippen molar-refractivity contribution in [1.29, 1.82) is 0 Å². The third-order valence-electron chi connectivity index (χ3n) is 12.9. The molecule has 8 aromatic rings. The molecule has 8 rings (SSSR count). The summed E-state index contributed by atoms with van der Waals surface area (Å²) >= 11 is 0. The summed E-state index contributed by atoms with van der Waals surface area (Å²) < 4.78 is 18.3. The molecule has 1 atom stereocenters. The van der Waals surface area contributed by atoms with Crippen LogP contribution in [0.3, 0.4) is 0 Å². The van der Waals surface area contributed by atoms with E-state index in [1.807, 2.05) is 91.9 Å². The van der Waals surface area contributed by atoms with Crippen molar-refractivity contribution in [3.8, 4) is 33.8 Å². The second kappa shape index (κ2) is 23.2. The minimum absolute atomic E-state index is 0.177. The van der Waals surface area contributed by atoms with Crippen LogP contribution in [0.2, 0.25) is 0 Å². The molecule has 75 heavy (non-hydrogen) atoms. The maximum absolute atomic E-state index is 13.9. The smallest absolute Gasteiger partial charge is 0.346 e. The summed E-state index contributed by atoms with van der Waals surface area (Å²) in [6.45, 7) is 17.8. The Labute approximate surface area is 441 Å². The standard InChI is InChI=1S/C68H64O7/c1-45-19-29-51(30-20-45)57-39-55(41-61(63(57)67(3,4)5)73-43-49-15-11-9-12-16-49)59(69)37-27-47-23-33-53(34-24-47)65(71)75-66(72)54-35-25-48(26-36-54)28-38-60(70)56-40-58(52-31-21-46(2)22-32-52)64(68(6,7)8)62(42-56)74-44-50-17-13-10-14-18-50/h9-42,59,69H,43-44H2,1-8H3. The molecule has 0 saturated heterocycles. The highest BCUT2D eigenvalue weighted by atomic mass is 16.6. The van der Waals surface area contributed by atoms with Gasteiger partial charge in [0, 0.05) is 16.7 Å². The van der Waals surface area contributed by atoms with E-state index in [9.17, 15) is 19.5 Å². The summed E-state index contributed by atoms with van der Waals surface area (Å²) in [6, 6.07) is 57.4. The van der Waals surface area contributed by atoms with Gasteiger partial charge in [-0.25, -0.2) is 9.59 Å². The fourth-order valence-electron chi connectivity index (χ4n) is 8.98. The average Bonchev–Trinajstić information content (AvgIpc) is 3.40. The fourth-order valence-corrected chi connectivity index (χ4v) is 8.98. The monoisotopic (exact) mass is 992 g/mol. The molecule has 1 unspecified atom stereocenters. The van der Waals surface area contributed by atoms with Crippen LogP contribution in [0.1, 0.15) is 129 Å². The highest BCUT2D eigenvalue weighted by molar-refractivity contribution is 6.08. The van der Waals surface area contributed by atoms with Gasteiger partial charge in [0.05, 0.1) is 17.2 Å². The van der Waals surface area contributed by atoms with Gasteiger partial charge in [-0.2, -0.15) is 0 Å². The lowest BCUT2D eigenvalue weighted by atomic mass is 9.79. The van der Waals surface area contributed by atoms with Crippen LogP contribution in [-0.2, 0) is 28.8 Å². The van der Waals surface area contributed by atoms with Crippen molar-refractivity contribution in [1.82, 2.24) is 0 Å². The summed E-state index contributed by atoms with van der Waals surface area (Å²) in [4.78, 5) is 40.3. The largest absolute Gasteiger partial charge is 0.489 e. The maximum Gasteiger partial charge on any atom is 0.346 e. The summed E-state index contributed by atoms with van der Waals surface area (Å²) in [6.07, 6.45) is 5.70. The number of esters is 2. The van der Waals surface area contributed by atoms with Gasteiger partial charge in [-0.05, 0) is 129 Å². The van der Waals surface area contributed by atoms with E-state index in [-0.39, 0.29) is 27.7 Å². The van der Waals surface area contributed by atoms with E-state index in [0.717, 1.165) is 61.2 Å². The minimum Gasteiger partial charge on any atom is -0.489 e. The van der Waals surface area contributed by atoms with Crippen LogP contribution in [0.4, 0.5) is 0 Å². The zero-order valence-corrected chi connectivity index (χ0v) is 44.0. The number of hydrogen-bond donors (Lipinski definition) is 1. The molecular formula is C68H64O7. The molecule has 0 heterocycles. The zero-order chi connectivity index (χ0) is 53.3. The Hall–Kier alpha value is -8.39. The van der Waals surface area contributed by atoms with Crippen LogP contribution in [0.5, 0.6) is 11.5 Å². The van der Waals surface area contributed by atoms with Crippen molar-refractivity contribution < 1.29 is 33.7 Å². The highest BCUT2D eigenvalue weighted by Crippen LogP contribution is 2.44. The van der Waals surface area contributed by atoms with Gasteiger partial charge < -0.3 is 19.3 Å². The number of benzene rings is 8. The second-order valence-electron chi connectivity index (χ2n) is 21.0. The number of ketones is 1. The lowest BCUT2D eigenvalue weighted by molar-refractivity contribution is 0.0397. The Morgan fingerprint density at radius 1 is 0.493 bits per heavy atom. The zero-order valence-electron chi connectivity index (χ0n) is 44.0. The van der Waals surface area contributed by atoms with Crippen LogP contribution >= 0.6 is 0 Å². The first-order chi connectivity index (χ1) is 35.9. The third kappa shape index (κ3) is 13.6. The molecule has 1 N–H and O–H groups in total. The molecule has 0 saturated carbocycles. The molecule has 0 aliphatic carbocycles. The maximum atomic E-state index is 13.9. The predicted molar refractivity (Wildman–Crippen MR) is 302 cm³/mol. The Morgan fingerprint density at radius 2 is 0.920 bits per heavy atom. The SMILES string of the molecule is Cc1ccc(-c2cc(C(=O)C=Cc3ccc(C(=O)OC(=O)c4ccc(C=CC(O)c5cc(OCc6ccccc6)c(C(C)(C)C)c(-c6ccc(C)cc6)c5)cc4)cc3)cc(OCc3ccccc3)c2C(C)(C)C)cc1. The van der Waals surface area contributed by atoms with Gasteiger partial charge >= 0.3 is 11.9 Å². The number of aliphatic hydroxyl groups is 1. The van der Waals surface area contributed by atoms with Crippen molar-refractivity contribution >= 4 is 29.9 Å². The number of rotatable bonds is 16. The lowest BCUT2D eigenvalue weighted by Gasteiger charge is -2.28. The van der Waals surface area contributed by atoms with Gasteiger partial charge in [0.1, 0.15) is 24.7 Å². The van der Waals surface area contributed by atoms with Crippen molar-refractivity contribution in [2.75, 3.05) is 0 Å². The fraction of sp³-hybridized carbons (Fsp3) is 0.191. The number of aliphatic hydroxyl groups excluding tert-OH is 1. The Bertz CT molecular complexity index is 3340. The van der Waals surface area contributed by atoms with Crippen LogP contribution < -0.4 is 9.47 Å². The van der Waals surface area contributed by atoms with Crippen LogP contribution in [0.25, 0.3) is 34.4 Å². The molecule has 0 aliphatic rings. The number of carbonyl (C=O) groups excluding carboxylic acids is 3. The molecule has 0 amide bonds. The number of ether oxygens (including phenoxy) is 3. The molecule has 0 bridgehead atoms. The number of carbonyl (C=O) groups is 3. The van der Waals surface area contributed by atoms with Crippen molar-refractivity contribution in [2.24, 2.45) is 0 Å². The Balaban J connectivity index is 0.935. The number of allylic oxidation sites excluding steroid dienone is 1. The molecule has 7 heteroatoms. The van der Waals surface area contributed by atoms with E-state index in [2.05, 4.69) is 97.0 Å². The molecule has 0 fully saturated rings. The lowest BCUT2D eigenvalue weighted by Crippen LogP contribution is -2.16. The van der Waals surface area contributed by atoms with E-state index in [0.29, 0.717) is 41.4 Å². The van der Waals surface area contributed by atoms with Gasteiger partial charge in [-0.1, -0.05) is 204 Å². The number of aryl methyl sites for hydroxylation is 2. The first kappa shape index (κ1) is 52.9. The molecule has 0 spiro atoms. The first-order valence-electron chi connectivity index (χ1n) is 25.3. The first-order valence-corrected chi connectivity index (χ1v) is 25.3. The van der Waals surface area contributed by atoms with Crippen LogP contribution in [-0.4, -0.2) is 22.8 Å². The molecule has 378 valence electrons. The molecule has 0 radical (unpaired) electrons. The van der Waals surface area contributed by atoms with Gasteiger partial charge in [-0.3, -0.25) is 4.79 Å². The van der Waals surface area contributed by atoms with E-state index in [1.54, 1.807) is 66.8 Å². The van der Waals surface area contributed by atoms with E-state index in [4.69, 9.17) is 14.2 Å². The second-order valence-corrected chi connectivity index (χ2v) is 21.0. The summed E-state index contributed by atoms with van der Waals surface area (Å²) in [5.41, 5.74) is 12.7. The van der Waals surface area contributed by atoms with Gasteiger partial charge in [-0.15, -0.1) is 0 Å². The molecule has 7 nitrogen and oxygen atoms in total. The third-order valence-corrected chi connectivity index (χ3v) is 12.9. The van der Waals surface area contributed by atoms with Gasteiger partial charge in [0.15, 0.2) is 5.78 Å². The van der Waals surface area contributed by atoms with Crippen molar-refractivity contribution in [3.05, 3.63) is 261 Å². The average molecular weight is 993 g/mol. The van der Waals surface area contributed by atoms with Gasteiger partial charge in [0.25, 0.3) is 0 Å². The topological polar surface area (TPSA) is 99.1 Å². The van der Waals surface area contributed by atoms with Crippen molar-refractivity contribution in [2.45, 2.75) is 85.5 Å². The van der Waals surface area contributed by atoms with E-state index < -0.39 is 18.0 Å². The minimum atomic E-state index is -0.978. The molecule has 0 aromatic heterocycles. The molecule has 0 aliphatic heterocycles. The quantitative estimate of drug-likeness (QED) is 0.0445. The Kier molecular flexibility index (Phi) is 16.4. The van der Waals surface area contributed by atoms with Crippen molar-refractivity contribution in [3.63, 3.8) is 0 Å². The molecular weight excluding hydrogens is 929 g/mol. The summed E-state index contributed by atoms with van der Waals surface area (Å²) in [5, 5.41) is 11.6. The number of hydrogen-bond acceptors (Lipinski definition) is 7. The molecule has 8 aromatic carbocycles. The van der Waals surface area contributed by atoms with Crippen LogP contribution in [0, 0.1) is 13.8 Å². The normalized spacial score (nSPS) is 12.2. The van der Waals surface area contributed by atoms with Gasteiger partial charge in [0.2, 0.25) is 0 Å². The highest BCUT2D eigenvalue weighted by Gasteiger charge is 2.28. The Morgan fingerprint density at radius 3 is 1.37 bits per heavy atom. The predicted octanol–water partition coefficient (Wildman–Crippen LogP) is 16.0.